The lowest BCUT2D eigenvalue weighted by Gasteiger charge is -2.49. The maximum Gasteiger partial charge on any atom is 0.433 e. The summed E-state index contributed by atoms with van der Waals surface area (Å²) in [6.07, 6.45) is 2.08. The number of hydrogen-bond acceptors (Lipinski definition) is 7. The Morgan fingerprint density at radius 3 is 2.56 bits per heavy atom. The highest BCUT2D eigenvalue weighted by Crippen LogP contribution is 2.43. The van der Waals surface area contributed by atoms with Crippen molar-refractivity contribution >= 4 is 22.8 Å². The Balaban J connectivity index is 1.21. The molecule has 2 saturated heterocycles. The molecule has 8 nitrogen and oxygen atoms in total. The second-order valence-electron chi connectivity index (χ2n) is 9.37. The van der Waals surface area contributed by atoms with Crippen molar-refractivity contribution in [2.24, 2.45) is 5.41 Å². The molecule has 2 fully saturated rings. The van der Waals surface area contributed by atoms with E-state index in [0.29, 0.717) is 53.8 Å². The van der Waals surface area contributed by atoms with E-state index in [1.807, 2.05) is 16.4 Å². The summed E-state index contributed by atoms with van der Waals surface area (Å²) in [6.45, 7) is 5.39. The van der Waals surface area contributed by atoms with E-state index < -0.39 is 17.7 Å². The van der Waals surface area contributed by atoms with Crippen LogP contribution in [0.3, 0.4) is 0 Å². The van der Waals surface area contributed by atoms with Crippen LogP contribution in [-0.4, -0.2) is 55.7 Å². The average molecular weight is 498 g/mol. The lowest BCUT2D eigenvalue weighted by atomic mass is 9.79. The Labute approximate surface area is 203 Å². The highest BCUT2D eigenvalue weighted by molar-refractivity contribution is 5.75. The number of imidazole rings is 1. The molecule has 2 aliphatic heterocycles. The van der Waals surface area contributed by atoms with Gasteiger partial charge in [-0.1, -0.05) is 0 Å². The number of fused-ring (bicyclic) bond motifs is 1. The third kappa shape index (κ3) is 3.80. The quantitative estimate of drug-likeness (QED) is 0.391. The van der Waals surface area contributed by atoms with Gasteiger partial charge in [0.1, 0.15) is 23.2 Å². The van der Waals surface area contributed by atoms with Gasteiger partial charge in [0, 0.05) is 61.8 Å². The molecule has 186 valence electrons. The van der Waals surface area contributed by atoms with Crippen LogP contribution in [0.25, 0.3) is 22.7 Å². The van der Waals surface area contributed by atoms with E-state index in [1.54, 1.807) is 18.5 Å². The van der Waals surface area contributed by atoms with E-state index in [0.717, 1.165) is 31.8 Å². The van der Waals surface area contributed by atoms with Gasteiger partial charge in [-0.3, -0.25) is 9.97 Å². The Morgan fingerprint density at radius 2 is 1.81 bits per heavy atom. The molecule has 12 heteroatoms. The van der Waals surface area contributed by atoms with Gasteiger partial charge in [0.25, 0.3) is 0 Å². The molecule has 0 aromatic carbocycles. The van der Waals surface area contributed by atoms with Gasteiger partial charge in [0.2, 0.25) is 0 Å². The summed E-state index contributed by atoms with van der Waals surface area (Å²) >= 11 is 0. The van der Waals surface area contributed by atoms with Crippen LogP contribution in [0.1, 0.15) is 19.0 Å². The van der Waals surface area contributed by atoms with Crippen LogP contribution in [0, 0.1) is 11.2 Å². The molecule has 0 N–H and O–H groups in total. The molecule has 0 aliphatic carbocycles. The van der Waals surface area contributed by atoms with E-state index in [4.69, 9.17) is 4.98 Å². The summed E-state index contributed by atoms with van der Waals surface area (Å²) in [5, 5.41) is 0. The van der Waals surface area contributed by atoms with Crippen LogP contribution < -0.4 is 9.80 Å². The Hall–Kier alpha value is -3.83. The van der Waals surface area contributed by atoms with Gasteiger partial charge >= 0.3 is 6.18 Å². The van der Waals surface area contributed by atoms with Crippen LogP contribution in [0.15, 0.2) is 43.0 Å². The molecule has 0 radical (unpaired) electrons. The number of anilines is 2. The van der Waals surface area contributed by atoms with E-state index in [9.17, 15) is 17.6 Å². The third-order valence-electron chi connectivity index (χ3n) is 6.94. The van der Waals surface area contributed by atoms with Gasteiger partial charge in [-0.25, -0.2) is 19.3 Å². The second kappa shape index (κ2) is 8.10. The zero-order chi connectivity index (χ0) is 25.1. The molecule has 4 aromatic heterocycles. The van der Waals surface area contributed by atoms with Crippen LogP contribution in [0.5, 0.6) is 0 Å². The molecule has 0 unspecified atom stereocenters. The SMILES string of the molecule is CCn1c(-c2cncc(F)c2)nc2nc(N3CCC4(CN(c5ccnc(C(F)(F)F)c5)C4)C3)cnc21. The smallest absolute Gasteiger partial charge is 0.370 e. The molecule has 4 aromatic rings. The lowest BCUT2D eigenvalue weighted by molar-refractivity contribution is -0.141. The van der Waals surface area contributed by atoms with Crippen molar-refractivity contribution in [2.45, 2.75) is 26.1 Å². The zero-order valence-corrected chi connectivity index (χ0v) is 19.4. The third-order valence-corrected chi connectivity index (χ3v) is 6.94. The predicted molar refractivity (Wildman–Crippen MR) is 125 cm³/mol. The highest BCUT2D eigenvalue weighted by atomic mass is 19.4. The van der Waals surface area contributed by atoms with Crippen LogP contribution in [0.4, 0.5) is 29.1 Å². The lowest BCUT2D eigenvalue weighted by Crippen LogP contribution is -2.57. The zero-order valence-electron chi connectivity index (χ0n) is 19.4. The van der Waals surface area contributed by atoms with Crippen molar-refractivity contribution < 1.29 is 17.6 Å². The summed E-state index contributed by atoms with van der Waals surface area (Å²) < 4.78 is 54.7. The number of hydrogen-bond donors (Lipinski definition) is 0. The number of pyridine rings is 2. The van der Waals surface area contributed by atoms with Gasteiger partial charge < -0.3 is 14.4 Å². The molecule has 0 amide bonds. The average Bonchev–Trinajstić information content (AvgIpc) is 3.44. The molecule has 2 aliphatic rings. The first-order valence-electron chi connectivity index (χ1n) is 11.6. The maximum atomic E-state index is 13.7. The van der Waals surface area contributed by atoms with Crippen molar-refractivity contribution in [1.82, 2.24) is 29.5 Å². The summed E-state index contributed by atoms with van der Waals surface area (Å²) in [4.78, 5) is 25.5. The number of aromatic nitrogens is 6. The standard InChI is InChI=1S/C24H22F4N8/c1-2-36-21(15-7-16(25)10-29-9-15)33-20-22(36)31-11-19(32-20)34-6-4-23(12-34)13-35(14-23)17-3-5-30-18(8-17)24(26,27)28/h3,5,7-11H,2,4,6,12-14H2,1H3. The molecule has 6 heterocycles. The van der Waals surface area contributed by atoms with Crippen molar-refractivity contribution in [3.63, 3.8) is 0 Å². The largest absolute Gasteiger partial charge is 0.433 e. The number of halogens is 4. The number of alkyl halides is 3. The monoisotopic (exact) mass is 498 g/mol. The fraction of sp³-hybridized carbons (Fsp3) is 0.375. The molecule has 0 saturated carbocycles. The Bertz CT molecular complexity index is 1440. The topological polar surface area (TPSA) is 75.9 Å². The van der Waals surface area contributed by atoms with Crippen LogP contribution in [-0.2, 0) is 12.7 Å². The Morgan fingerprint density at radius 1 is 1.00 bits per heavy atom. The van der Waals surface area contributed by atoms with Crippen LogP contribution >= 0.6 is 0 Å². The van der Waals surface area contributed by atoms with E-state index in [-0.39, 0.29) is 5.41 Å². The van der Waals surface area contributed by atoms with Crippen molar-refractivity contribution in [3.8, 4) is 11.4 Å². The van der Waals surface area contributed by atoms with Crippen molar-refractivity contribution in [1.29, 1.82) is 0 Å². The molecule has 0 bridgehead atoms. The maximum absolute atomic E-state index is 13.7. The van der Waals surface area contributed by atoms with Crippen LogP contribution in [0.2, 0.25) is 0 Å². The highest BCUT2D eigenvalue weighted by Gasteiger charge is 2.48. The normalized spacial score (nSPS) is 17.2. The number of aryl methyl sites for hydroxylation is 1. The summed E-state index contributed by atoms with van der Waals surface area (Å²) in [6, 6.07) is 4.10. The minimum Gasteiger partial charge on any atom is -0.370 e. The molecule has 36 heavy (non-hydrogen) atoms. The fourth-order valence-corrected chi connectivity index (χ4v) is 5.20. The Kier molecular flexibility index (Phi) is 5.09. The first kappa shape index (κ1) is 22.6. The molecular formula is C24H22F4N8. The molecule has 6 rings (SSSR count). The van der Waals surface area contributed by atoms with Gasteiger partial charge in [-0.2, -0.15) is 13.2 Å². The molecule has 0 atom stereocenters. The summed E-state index contributed by atoms with van der Waals surface area (Å²) in [7, 11) is 0. The second-order valence-corrected chi connectivity index (χ2v) is 9.37. The van der Waals surface area contributed by atoms with E-state index in [1.165, 1.54) is 12.3 Å². The molecular weight excluding hydrogens is 476 g/mol. The minimum atomic E-state index is -4.46. The molecule has 1 spiro atoms. The first-order valence-corrected chi connectivity index (χ1v) is 11.6. The first-order chi connectivity index (χ1) is 17.2. The van der Waals surface area contributed by atoms with Crippen molar-refractivity contribution in [3.05, 3.63) is 54.5 Å². The summed E-state index contributed by atoms with van der Waals surface area (Å²) in [5.41, 5.74) is 1.28. The summed E-state index contributed by atoms with van der Waals surface area (Å²) in [5.74, 6) is 0.813. The van der Waals surface area contributed by atoms with Gasteiger partial charge in [-0.15, -0.1) is 0 Å². The van der Waals surface area contributed by atoms with Gasteiger partial charge in [0.15, 0.2) is 11.3 Å². The van der Waals surface area contributed by atoms with E-state index >= 15 is 0 Å². The minimum absolute atomic E-state index is 0.0144. The predicted octanol–water partition coefficient (Wildman–Crippen LogP) is 4.18. The number of rotatable bonds is 4. The van der Waals surface area contributed by atoms with Gasteiger partial charge in [-0.05, 0) is 31.5 Å². The van der Waals surface area contributed by atoms with Gasteiger partial charge in [0.05, 0.1) is 12.4 Å². The fourth-order valence-electron chi connectivity index (χ4n) is 5.20. The number of nitrogens with zero attached hydrogens (tertiary/aromatic N) is 8. The van der Waals surface area contributed by atoms with E-state index in [2.05, 4.69) is 24.8 Å². The van der Waals surface area contributed by atoms with Crippen molar-refractivity contribution in [2.75, 3.05) is 36.0 Å².